The standard InChI is InChI=1S/C11H7FN2O/c1-15-11-4-8(3-10(12)5-11)2-9(6-13)7-14/h2-5H,1H3. The van der Waals surface area contributed by atoms with Crippen LogP contribution in [-0.2, 0) is 0 Å². The number of halogens is 1. The SMILES string of the molecule is COc1cc(F)cc(C=C(C#N)C#N)c1. The van der Waals surface area contributed by atoms with Crippen LogP contribution < -0.4 is 4.74 Å². The Morgan fingerprint density at radius 3 is 2.53 bits per heavy atom. The van der Waals surface area contributed by atoms with E-state index in [1.165, 1.54) is 31.4 Å². The number of methoxy groups -OCH3 is 1. The third-order valence-corrected chi connectivity index (χ3v) is 1.68. The van der Waals surface area contributed by atoms with E-state index in [0.29, 0.717) is 11.3 Å². The molecule has 0 N–H and O–H groups in total. The third kappa shape index (κ3) is 2.82. The maximum absolute atomic E-state index is 13.0. The minimum atomic E-state index is -0.476. The van der Waals surface area contributed by atoms with Gasteiger partial charge in [0.25, 0.3) is 0 Å². The fraction of sp³-hybridized carbons (Fsp3) is 0.0909. The summed E-state index contributed by atoms with van der Waals surface area (Å²) < 4.78 is 17.8. The molecular formula is C11H7FN2O. The van der Waals surface area contributed by atoms with Crippen LogP contribution in [0.3, 0.4) is 0 Å². The fourth-order valence-corrected chi connectivity index (χ4v) is 1.04. The van der Waals surface area contributed by atoms with Crippen molar-refractivity contribution in [2.75, 3.05) is 7.11 Å². The molecule has 1 aromatic carbocycles. The van der Waals surface area contributed by atoms with E-state index < -0.39 is 5.82 Å². The van der Waals surface area contributed by atoms with Crippen molar-refractivity contribution in [1.29, 1.82) is 10.5 Å². The van der Waals surface area contributed by atoms with Crippen molar-refractivity contribution in [2.45, 2.75) is 0 Å². The highest BCUT2D eigenvalue weighted by atomic mass is 19.1. The quantitative estimate of drug-likeness (QED) is 0.691. The molecule has 0 bridgehead atoms. The van der Waals surface area contributed by atoms with E-state index in [2.05, 4.69) is 0 Å². The zero-order valence-corrected chi connectivity index (χ0v) is 7.99. The van der Waals surface area contributed by atoms with Crippen LogP contribution >= 0.6 is 0 Å². The van der Waals surface area contributed by atoms with Gasteiger partial charge in [-0.3, -0.25) is 0 Å². The van der Waals surface area contributed by atoms with Gasteiger partial charge in [-0.05, 0) is 23.8 Å². The van der Waals surface area contributed by atoms with Crippen LogP contribution in [0.5, 0.6) is 5.75 Å². The Morgan fingerprint density at radius 2 is 2.00 bits per heavy atom. The van der Waals surface area contributed by atoms with Gasteiger partial charge in [-0.1, -0.05) is 0 Å². The second-order valence-corrected chi connectivity index (χ2v) is 2.71. The van der Waals surface area contributed by atoms with Crippen molar-refractivity contribution < 1.29 is 9.13 Å². The zero-order valence-electron chi connectivity index (χ0n) is 7.99. The topological polar surface area (TPSA) is 56.8 Å². The second-order valence-electron chi connectivity index (χ2n) is 2.71. The van der Waals surface area contributed by atoms with Gasteiger partial charge < -0.3 is 4.74 Å². The van der Waals surface area contributed by atoms with Crippen LogP contribution in [0, 0.1) is 28.5 Å². The molecule has 0 aliphatic heterocycles. The van der Waals surface area contributed by atoms with Gasteiger partial charge >= 0.3 is 0 Å². The molecule has 0 aliphatic carbocycles. The molecule has 3 nitrogen and oxygen atoms in total. The highest BCUT2D eigenvalue weighted by Crippen LogP contribution is 2.17. The van der Waals surface area contributed by atoms with Gasteiger partial charge in [0.2, 0.25) is 0 Å². The molecule has 0 spiro atoms. The molecular weight excluding hydrogens is 195 g/mol. The molecule has 4 heteroatoms. The van der Waals surface area contributed by atoms with Crippen molar-refractivity contribution in [3.05, 3.63) is 35.2 Å². The average molecular weight is 202 g/mol. The summed E-state index contributed by atoms with van der Waals surface area (Å²) in [7, 11) is 1.41. The summed E-state index contributed by atoms with van der Waals surface area (Å²) in [6.07, 6.45) is 1.30. The van der Waals surface area contributed by atoms with Gasteiger partial charge in [-0.2, -0.15) is 10.5 Å². The maximum atomic E-state index is 13.0. The first-order chi connectivity index (χ1) is 7.19. The Balaban J connectivity index is 3.17. The molecule has 74 valence electrons. The monoisotopic (exact) mass is 202 g/mol. The van der Waals surface area contributed by atoms with Crippen LogP contribution in [0.2, 0.25) is 0 Å². The van der Waals surface area contributed by atoms with E-state index >= 15 is 0 Å². The molecule has 0 aromatic heterocycles. The van der Waals surface area contributed by atoms with Crippen molar-refractivity contribution in [3.8, 4) is 17.9 Å². The zero-order chi connectivity index (χ0) is 11.3. The van der Waals surface area contributed by atoms with Gasteiger partial charge in [0.1, 0.15) is 29.3 Å². The normalized spacial score (nSPS) is 8.53. The average Bonchev–Trinajstić information content (AvgIpc) is 2.25. The Hall–Kier alpha value is -2.33. The molecule has 0 aliphatic rings. The lowest BCUT2D eigenvalue weighted by Crippen LogP contribution is -1.86. The summed E-state index contributed by atoms with van der Waals surface area (Å²) in [5, 5.41) is 17.0. The van der Waals surface area contributed by atoms with E-state index in [-0.39, 0.29) is 5.57 Å². The summed E-state index contributed by atoms with van der Waals surface area (Å²) in [5.41, 5.74) is 0.340. The van der Waals surface area contributed by atoms with Gasteiger partial charge in [0, 0.05) is 6.07 Å². The van der Waals surface area contributed by atoms with Crippen molar-refractivity contribution in [1.82, 2.24) is 0 Å². The molecule has 0 saturated carbocycles. The third-order valence-electron chi connectivity index (χ3n) is 1.68. The fourth-order valence-electron chi connectivity index (χ4n) is 1.04. The van der Waals surface area contributed by atoms with Gasteiger partial charge in [-0.25, -0.2) is 4.39 Å². The van der Waals surface area contributed by atoms with Crippen LogP contribution in [0.1, 0.15) is 5.56 Å². The van der Waals surface area contributed by atoms with Gasteiger partial charge in [-0.15, -0.1) is 0 Å². The number of nitriles is 2. The first-order valence-electron chi connectivity index (χ1n) is 4.06. The lowest BCUT2D eigenvalue weighted by molar-refractivity contribution is 0.411. The smallest absolute Gasteiger partial charge is 0.130 e. The number of benzene rings is 1. The molecule has 0 amide bonds. The van der Waals surface area contributed by atoms with E-state index in [4.69, 9.17) is 15.3 Å². The van der Waals surface area contributed by atoms with Crippen LogP contribution in [0.4, 0.5) is 4.39 Å². The van der Waals surface area contributed by atoms with E-state index in [1.54, 1.807) is 12.1 Å². The van der Waals surface area contributed by atoms with E-state index in [1.807, 2.05) is 0 Å². The number of hydrogen-bond donors (Lipinski definition) is 0. The minimum absolute atomic E-state index is 0.0809. The first kappa shape index (κ1) is 10.7. The maximum Gasteiger partial charge on any atom is 0.130 e. The molecule has 0 fully saturated rings. The Bertz CT molecular complexity index is 464. The lowest BCUT2D eigenvalue weighted by Gasteiger charge is -2.01. The molecule has 0 atom stereocenters. The van der Waals surface area contributed by atoms with Gasteiger partial charge in [0.15, 0.2) is 0 Å². The Kier molecular flexibility index (Phi) is 3.43. The summed E-state index contributed by atoms with van der Waals surface area (Å²) in [6.45, 7) is 0. The predicted molar refractivity (Wildman–Crippen MR) is 52.2 cm³/mol. The minimum Gasteiger partial charge on any atom is -0.497 e. The number of hydrogen-bond acceptors (Lipinski definition) is 3. The Morgan fingerprint density at radius 1 is 1.33 bits per heavy atom. The molecule has 0 heterocycles. The highest BCUT2D eigenvalue weighted by Gasteiger charge is 2.00. The molecule has 1 rings (SSSR count). The molecule has 0 radical (unpaired) electrons. The number of nitrogens with zero attached hydrogens (tertiary/aromatic N) is 2. The highest BCUT2D eigenvalue weighted by molar-refractivity contribution is 5.62. The number of ether oxygens (including phenoxy) is 1. The van der Waals surface area contributed by atoms with Crippen molar-refractivity contribution in [2.24, 2.45) is 0 Å². The molecule has 1 aromatic rings. The van der Waals surface area contributed by atoms with Crippen LogP contribution in [0.25, 0.3) is 6.08 Å². The van der Waals surface area contributed by atoms with E-state index in [9.17, 15) is 4.39 Å². The Labute approximate surface area is 86.6 Å². The van der Waals surface area contributed by atoms with Crippen molar-refractivity contribution >= 4 is 6.08 Å². The number of rotatable bonds is 2. The summed E-state index contributed by atoms with van der Waals surface area (Å²) >= 11 is 0. The molecule has 0 saturated heterocycles. The molecule has 15 heavy (non-hydrogen) atoms. The first-order valence-corrected chi connectivity index (χ1v) is 4.06. The van der Waals surface area contributed by atoms with Crippen molar-refractivity contribution in [3.63, 3.8) is 0 Å². The van der Waals surface area contributed by atoms with Crippen LogP contribution in [-0.4, -0.2) is 7.11 Å². The summed E-state index contributed by atoms with van der Waals surface area (Å²) in [6, 6.07) is 7.36. The summed E-state index contributed by atoms with van der Waals surface area (Å²) in [5.74, 6) is -0.132. The van der Waals surface area contributed by atoms with Gasteiger partial charge in [0.05, 0.1) is 7.11 Å². The lowest BCUT2D eigenvalue weighted by atomic mass is 10.1. The number of allylic oxidation sites excluding steroid dienone is 1. The largest absolute Gasteiger partial charge is 0.497 e. The molecule has 0 unspecified atom stereocenters. The predicted octanol–water partition coefficient (Wildman–Crippen LogP) is 2.26. The van der Waals surface area contributed by atoms with Crippen LogP contribution in [0.15, 0.2) is 23.8 Å². The second kappa shape index (κ2) is 4.78. The summed E-state index contributed by atoms with van der Waals surface area (Å²) in [4.78, 5) is 0. The van der Waals surface area contributed by atoms with E-state index in [0.717, 1.165) is 0 Å².